The van der Waals surface area contributed by atoms with Gasteiger partial charge in [0.1, 0.15) is 0 Å². The van der Waals surface area contributed by atoms with E-state index in [-0.39, 0.29) is 0 Å². The lowest BCUT2D eigenvalue weighted by molar-refractivity contribution is -0.137. The fourth-order valence-corrected chi connectivity index (χ4v) is 1.74. The Bertz CT molecular complexity index is 575. The standard InChI is InChI=1S/C12H9F3N2/c13-12(14,15)10-2-3-11-9(8-10)4-7-17(11)6-1-5-16/h2-4,7-8H,1,6H2. The normalized spacial score (nSPS) is 11.6. The van der Waals surface area contributed by atoms with Gasteiger partial charge in [0.2, 0.25) is 0 Å². The summed E-state index contributed by atoms with van der Waals surface area (Å²) in [5.74, 6) is 0. The molecule has 0 spiro atoms. The highest BCUT2D eigenvalue weighted by atomic mass is 19.4. The average molecular weight is 238 g/mol. The molecule has 88 valence electrons. The largest absolute Gasteiger partial charge is 0.416 e. The summed E-state index contributed by atoms with van der Waals surface area (Å²) < 4.78 is 39.2. The molecule has 1 aromatic heterocycles. The number of hydrogen-bond acceptors (Lipinski definition) is 1. The van der Waals surface area contributed by atoms with Crippen LogP contribution < -0.4 is 0 Å². The van der Waals surface area contributed by atoms with Gasteiger partial charge in [-0.25, -0.2) is 0 Å². The second-order valence-corrected chi connectivity index (χ2v) is 3.69. The van der Waals surface area contributed by atoms with Crippen molar-refractivity contribution in [2.75, 3.05) is 0 Å². The van der Waals surface area contributed by atoms with Crippen LogP contribution in [0.25, 0.3) is 10.9 Å². The Hall–Kier alpha value is -1.96. The first kappa shape index (κ1) is 11.5. The number of fused-ring (bicyclic) bond motifs is 1. The van der Waals surface area contributed by atoms with Gasteiger partial charge in [-0.2, -0.15) is 18.4 Å². The summed E-state index contributed by atoms with van der Waals surface area (Å²) >= 11 is 0. The smallest absolute Gasteiger partial charge is 0.346 e. The highest BCUT2D eigenvalue weighted by Gasteiger charge is 2.30. The molecular formula is C12H9F3N2. The van der Waals surface area contributed by atoms with Crippen molar-refractivity contribution in [2.45, 2.75) is 19.1 Å². The maximum atomic E-state index is 12.5. The monoisotopic (exact) mass is 238 g/mol. The number of halogens is 3. The van der Waals surface area contributed by atoms with E-state index in [2.05, 4.69) is 0 Å². The van der Waals surface area contributed by atoms with E-state index in [1.54, 1.807) is 16.8 Å². The van der Waals surface area contributed by atoms with Crippen molar-refractivity contribution in [2.24, 2.45) is 0 Å². The van der Waals surface area contributed by atoms with Gasteiger partial charge in [-0.3, -0.25) is 0 Å². The van der Waals surface area contributed by atoms with Gasteiger partial charge in [-0.05, 0) is 24.3 Å². The van der Waals surface area contributed by atoms with Crippen LogP contribution in [-0.2, 0) is 12.7 Å². The lowest BCUT2D eigenvalue weighted by atomic mass is 10.1. The lowest BCUT2D eigenvalue weighted by Crippen LogP contribution is -2.04. The summed E-state index contributed by atoms with van der Waals surface area (Å²) in [6.45, 7) is 0.491. The molecule has 0 unspecified atom stereocenters. The third kappa shape index (κ3) is 2.26. The van der Waals surface area contributed by atoms with Crippen LogP contribution in [0.2, 0.25) is 0 Å². The Morgan fingerprint density at radius 2 is 2.00 bits per heavy atom. The van der Waals surface area contributed by atoms with E-state index in [1.165, 1.54) is 6.07 Å². The molecule has 2 nitrogen and oxygen atoms in total. The Morgan fingerprint density at radius 1 is 1.24 bits per heavy atom. The molecule has 0 aliphatic carbocycles. The molecule has 0 radical (unpaired) electrons. The van der Waals surface area contributed by atoms with Crippen molar-refractivity contribution in [3.05, 3.63) is 36.0 Å². The van der Waals surface area contributed by atoms with Gasteiger partial charge < -0.3 is 4.57 Å². The molecule has 0 saturated heterocycles. The summed E-state index contributed by atoms with van der Waals surface area (Å²) in [5, 5.41) is 9.02. The zero-order valence-corrected chi connectivity index (χ0v) is 8.83. The van der Waals surface area contributed by atoms with E-state index >= 15 is 0 Å². The second-order valence-electron chi connectivity index (χ2n) is 3.69. The molecule has 0 aliphatic heterocycles. The fourth-order valence-electron chi connectivity index (χ4n) is 1.74. The van der Waals surface area contributed by atoms with Crippen LogP contribution in [0.3, 0.4) is 0 Å². The average Bonchev–Trinajstić information content (AvgIpc) is 2.67. The maximum absolute atomic E-state index is 12.5. The molecule has 0 amide bonds. The first-order valence-corrected chi connectivity index (χ1v) is 5.05. The number of alkyl halides is 3. The van der Waals surface area contributed by atoms with Crippen molar-refractivity contribution in [1.82, 2.24) is 4.57 Å². The van der Waals surface area contributed by atoms with Crippen LogP contribution in [0, 0.1) is 11.3 Å². The van der Waals surface area contributed by atoms with E-state index in [9.17, 15) is 13.2 Å². The zero-order valence-electron chi connectivity index (χ0n) is 8.83. The first-order valence-electron chi connectivity index (χ1n) is 5.05. The van der Waals surface area contributed by atoms with Crippen molar-refractivity contribution < 1.29 is 13.2 Å². The highest BCUT2D eigenvalue weighted by Crippen LogP contribution is 2.31. The molecular weight excluding hydrogens is 229 g/mol. The van der Waals surface area contributed by atoms with Gasteiger partial charge in [0.05, 0.1) is 18.1 Å². The SMILES string of the molecule is N#CCCn1ccc2cc(C(F)(F)F)ccc21. The minimum Gasteiger partial charge on any atom is -0.346 e. The van der Waals surface area contributed by atoms with Crippen molar-refractivity contribution in [1.29, 1.82) is 5.26 Å². The van der Waals surface area contributed by atoms with Gasteiger partial charge in [-0.1, -0.05) is 0 Å². The molecule has 0 atom stereocenters. The Balaban J connectivity index is 2.42. The third-order valence-corrected chi connectivity index (χ3v) is 2.56. The Morgan fingerprint density at radius 3 is 2.65 bits per heavy atom. The molecule has 17 heavy (non-hydrogen) atoms. The first-order chi connectivity index (χ1) is 8.02. The van der Waals surface area contributed by atoms with Gasteiger partial charge in [-0.15, -0.1) is 0 Å². The van der Waals surface area contributed by atoms with Crippen LogP contribution in [-0.4, -0.2) is 4.57 Å². The molecule has 0 bridgehead atoms. The number of benzene rings is 1. The van der Waals surface area contributed by atoms with Gasteiger partial charge >= 0.3 is 6.18 Å². The van der Waals surface area contributed by atoms with Crippen LogP contribution in [0.4, 0.5) is 13.2 Å². The summed E-state index contributed by atoms with van der Waals surface area (Å²) in [6, 6.07) is 7.26. The van der Waals surface area contributed by atoms with Crippen LogP contribution in [0.5, 0.6) is 0 Å². The number of rotatable bonds is 2. The number of hydrogen-bond donors (Lipinski definition) is 0. The summed E-state index contributed by atoms with van der Waals surface area (Å²) in [7, 11) is 0. The molecule has 0 N–H and O–H groups in total. The predicted molar refractivity (Wildman–Crippen MR) is 57.2 cm³/mol. The van der Waals surface area contributed by atoms with Crippen molar-refractivity contribution >= 4 is 10.9 Å². The van der Waals surface area contributed by atoms with Gasteiger partial charge in [0, 0.05) is 23.6 Å². The lowest BCUT2D eigenvalue weighted by Gasteiger charge is -2.07. The maximum Gasteiger partial charge on any atom is 0.416 e. The topological polar surface area (TPSA) is 28.7 Å². The molecule has 0 fully saturated rings. The molecule has 5 heteroatoms. The number of nitriles is 1. The Kier molecular flexibility index (Phi) is 2.80. The van der Waals surface area contributed by atoms with E-state index in [1.807, 2.05) is 6.07 Å². The quantitative estimate of drug-likeness (QED) is 0.786. The van der Waals surface area contributed by atoms with E-state index in [4.69, 9.17) is 5.26 Å². The van der Waals surface area contributed by atoms with E-state index in [0.717, 1.165) is 12.1 Å². The zero-order chi connectivity index (χ0) is 12.5. The van der Waals surface area contributed by atoms with Crippen molar-refractivity contribution in [3.63, 3.8) is 0 Å². The van der Waals surface area contributed by atoms with Crippen LogP contribution >= 0.6 is 0 Å². The molecule has 2 aromatic rings. The third-order valence-electron chi connectivity index (χ3n) is 2.56. The molecule has 1 aromatic carbocycles. The molecule has 0 aliphatic rings. The van der Waals surface area contributed by atoms with Gasteiger partial charge in [0.25, 0.3) is 0 Å². The second kappa shape index (κ2) is 4.13. The van der Waals surface area contributed by atoms with Crippen LogP contribution in [0.15, 0.2) is 30.5 Å². The fraction of sp³-hybridized carbons (Fsp3) is 0.250. The number of nitrogens with zero attached hydrogens (tertiary/aromatic N) is 2. The summed E-state index contributed by atoms with van der Waals surface area (Å²) in [4.78, 5) is 0. The van der Waals surface area contributed by atoms with E-state index in [0.29, 0.717) is 23.9 Å². The van der Waals surface area contributed by atoms with Gasteiger partial charge in [0.15, 0.2) is 0 Å². The van der Waals surface area contributed by atoms with E-state index < -0.39 is 11.7 Å². The summed E-state index contributed by atoms with van der Waals surface area (Å²) in [5.41, 5.74) is 0.0660. The number of aryl methyl sites for hydroxylation is 1. The molecule has 2 rings (SSSR count). The Labute approximate surface area is 95.9 Å². The predicted octanol–water partition coefficient (Wildman–Crippen LogP) is 3.57. The minimum absolute atomic E-state index is 0.338. The molecule has 0 saturated carbocycles. The summed E-state index contributed by atoms with van der Waals surface area (Å²) in [6.07, 6.45) is -2.28. The van der Waals surface area contributed by atoms with Crippen molar-refractivity contribution in [3.8, 4) is 6.07 Å². The number of aromatic nitrogens is 1. The highest BCUT2D eigenvalue weighted by molar-refractivity contribution is 5.81. The van der Waals surface area contributed by atoms with Crippen LogP contribution in [0.1, 0.15) is 12.0 Å². The molecule has 1 heterocycles. The minimum atomic E-state index is -4.32.